The number of aliphatic hydroxyl groups is 1. The molecular formula is C25H29ClN2O5. The van der Waals surface area contributed by atoms with Crippen molar-refractivity contribution in [1.29, 1.82) is 0 Å². The minimum absolute atomic E-state index is 0.0262. The van der Waals surface area contributed by atoms with Gasteiger partial charge < -0.3 is 24.4 Å². The standard InChI is InChI=1S/C25H29ClN2O5/c1-5-33-20-11-10-17(15-19(20)26)23(29)21-22(16-8-6-9-18(14-16)32-4)28(25(31)24(21)30)13-7-12-27(2)3/h6,8-11,14-15,22,29H,5,7,12-13H2,1-4H3/t22-/m0/s1. The molecule has 2 aromatic rings. The smallest absolute Gasteiger partial charge is 0.295 e. The van der Waals surface area contributed by atoms with Gasteiger partial charge in [0, 0.05) is 12.1 Å². The number of halogens is 1. The number of carbonyl (C=O) groups is 2. The van der Waals surface area contributed by atoms with Crippen LogP contribution < -0.4 is 9.47 Å². The first kappa shape index (κ1) is 24.6. The number of ether oxygens (including phenoxy) is 2. The van der Waals surface area contributed by atoms with Crippen molar-refractivity contribution in [1.82, 2.24) is 9.80 Å². The Morgan fingerprint density at radius 2 is 1.94 bits per heavy atom. The third kappa shape index (κ3) is 5.31. The summed E-state index contributed by atoms with van der Waals surface area (Å²) in [6, 6.07) is 11.2. The molecule has 0 saturated carbocycles. The maximum absolute atomic E-state index is 13.1. The molecule has 1 aliphatic heterocycles. The molecule has 1 saturated heterocycles. The number of benzene rings is 2. The van der Waals surface area contributed by atoms with Gasteiger partial charge in [0.15, 0.2) is 0 Å². The molecule has 7 nitrogen and oxygen atoms in total. The highest BCUT2D eigenvalue weighted by Gasteiger charge is 2.45. The van der Waals surface area contributed by atoms with Crippen molar-refractivity contribution in [3.8, 4) is 11.5 Å². The summed E-state index contributed by atoms with van der Waals surface area (Å²) in [5.74, 6) is -0.573. The Balaban J connectivity index is 2.10. The third-order valence-electron chi connectivity index (χ3n) is 5.46. The second-order valence-electron chi connectivity index (χ2n) is 8.00. The van der Waals surface area contributed by atoms with Crippen molar-refractivity contribution in [3.05, 3.63) is 64.2 Å². The summed E-state index contributed by atoms with van der Waals surface area (Å²) in [6.45, 7) is 3.41. The molecular weight excluding hydrogens is 444 g/mol. The quantitative estimate of drug-likeness (QED) is 0.336. The third-order valence-corrected chi connectivity index (χ3v) is 5.75. The van der Waals surface area contributed by atoms with E-state index in [9.17, 15) is 14.7 Å². The molecule has 0 unspecified atom stereocenters. The number of rotatable bonds is 9. The SMILES string of the molecule is CCOc1ccc(C(O)=C2C(=O)C(=O)N(CCCN(C)C)[C@H]2c2cccc(OC)c2)cc1Cl. The van der Waals surface area contributed by atoms with E-state index >= 15 is 0 Å². The highest BCUT2D eigenvalue weighted by molar-refractivity contribution is 6.46. The summed E-state index contributed by atoms with van der Waals surface area (Å²) < 4.78 is 10.8. The van der Waals surface area contributed by atoms with E-state index in [0.717, 1.165) is 6.54 Å². The molecule has 0 bridgehead atoms. The summed E-state index contributed by atoms with van der Waals surface area (Å²) in [6.07, 6.45) is 0.676. The number of nitrogens with zero attached hydrogens (tertiary/aromatic N) is 2. The van der Waals surface area contributed by atoms with Crippen LogP contribution in [0.2, 0.25) is 5.02 Å². The zero-order chi connectivity index (χ0) is 24.1. The summed E-state index contributed by atoms with van der Waals surface area (Å²) in [5, 5.41) is 11.5. The Hall–Kier alpha value is -3.03. The van der Waals surface area contributed by atoms with Crippen molar-refractivity contribution in [2.45, 2.75) is 19.4 Å². The predicted molar refractivity (Wildman–Crippen MR) is 128 cm³/mol. The van der Waals surface area contributed by atoms with E-state index in [1.54, 1.807) is 37.4 Å². The van der Waals surface area contributed by atoms with Crippen LogP contribution in [0.1, 0.15) is 30.5 Å². The highest BCUT2D eigenvalue weighted by atomic mass is 35.5. The van der Waals surface area contributed by atoms with Gasteiger partial charge in [-0.3, -0.25) is 9.59 Å². The number of amides is 1. The number of carbonyl (C=O) groups excluding carboxylic acids is 2. The molecule has 0 spiro atoms. The lowest BCUT2D eigenvalue weighted by molar-refractivity contribution is -0.139. The molecule has 1 fully saturated rings. The molecule has 0 aliphatic carbocycles. The van der Waals surface area contributed by atoms with Gasteiger partial charge in [0.2, 0.25) is 0 Å². The minimum atomic E-state index is -0.743. The normalized spacial score (nSPS) is 17.6. The molecule has 1 heterocycles. The van der Waals surface area contributed by atoms with Gasteiger partial charge in [0.25, 0.3) is 11.7 Å². The van der Waals surface area contributed by atoms with Crippen LogP contribution in [0.5, 0.6) is 11.5 Å². The summed E-state index contributed by atoms with van der Waals surface area (Å²) >= 11 is 6.30. The monoisotopic (exact) mass is 472 g/mol. The van der Waals surface area contributed by atoms with Crippen molar-refractivity contribution < 1.29 is 24.2 Å². The van der Waals surface area contributed by atoms with Crippen molar-refractivity contribution >= 4 is 29.1 Å². The highest BCUT2D eigenvalue weighted by Crippen LogP contribution is 2.41. The molecule has 0 radical (unpaired) electrons. The second kappa shape index (κ2) is 10.7. The van der Waals surface area contributed by atoms with Crippen LogP contribution in [0.3, 0.4) is 0 Å². The largest absolute Gasteiger partial charge is 0.507 e. The number of likely N-dealkylation sites (tertiary alicyclic amines) is 1. The summed E-state index contributed by atoms with van der Waals surface area (Å²) in [4.78, 5) is 29.7. The van der Waals surface area contributed by atoms with E-state index in [2.05, 4.69) is 0 Å². The maximum Gasteiger partial charge on any atom is 0.295 e. The lowest BCUT2D eigenvalue weighted by Crippen LogP contribution is -2.32. The molecule has 8 heteroatoms. The number of methoxy groups -OCH3 is 1. The van der Waals surface area contributed by atoms with Crippen LogP contribution in [-0.2, 0) is 9.59 Å². The summed E-state index contributed by atoms with van der Waals surface area (Å²) in [7, 11) is 5.45. The zero-order valence-electron chi connectivity index (χ0n) is 19.3. The Morgan fingerprint density at radius 1 is 1.18 bits per heavy atom. The number of hydrogen-bond acceptors (Lipinski definition) is 6. The molecule has 33 heavy (non-hydrogen) atoms. The zero-order valence-corrected chi connectivity index (χ0v) is 20.1. The van der Waals surface area contributed by atoms with Gasteiger partial charge >= 0.3 is 0 Å². The number of hydrogen-bond donors (Lipinski definition) is 1. The average molecular weight is 473 g/mol. The fraction of sp³-hybridized carbons (Fsp3) is 0.360. The number of aliphatic hydroxyl groups excluding tert-OH is 1. The fourth-order valence-electron chi connectivity index (χ4n) is 3.90. The van der Waals surface area contributed by atoms with Crippen molar-refractivity contribution in [2.75, 3.05) is 40.9 Å². The lowest BCUT2D eigenvalue weighted by atomic mass is 9.95. The summed E-state index contributed by atoms with van der Waals surface area (Å²) in [5.41, 5.74) is 1.04. The molecule has 2 aromatic carbocycles. The molecule has 1 aliphatic rings. The molecule has 3 rings (SSSR count). The van der Waals surface area contributed by atoms with E-state index in [1.165, 1.54) is 11.0 Å². The van der Waals surface area contributed by atoms with Crippen LogP contribution in [0.25, 0.3) is 5.76 Å². The molecule has 1 N–H and O–H groups in total. The van der Waals surface area contributed by atoms with Gasteiger partial charge in [-0.2, -0.15) is 0 Å². The van der Waals surface area contributed by atoms with Gasteiger partial charge in [0.05, 0.1) is 30.4 Å². The Bertz CT molecular complexity index is 1070. The lowest BCUT2D eigenvalue weighted by Gasteiger charge is -2.26. The first-order chi connectivity index (χ1) is 15.8. The van der Waals surface area contributed by atoms with Gasteiger partial charge in [0.1, 0.15) is 17.3 Å². The first-order valence-electron chi connectivity index (χ1n) is 10.8. The first-order valence-corrected chi connectivity index (χ1v) is 11.2. The molecule has 176 valence electrons. The van der Waals surface area contributed by atoms with Gasteiger partial charge in [-0.15, -0.1) is 0 Å². The number of ketones is 1. The van der Waals surface area contributed by atoms with Crippen LogP contribution in [-0.4, -0.2) is 67.5 Å². The van der Waals surface area contributed by atoms with E-state index in [0.29, 0.717) is 47.2 Å². The van der Waals surface area contributed by atoms with Crippen molar-refractivity contribution in [3.63, 3.8) is 0 Å². The van der Waals surface area contributed by atoms with Crippen LogP contribution >= 0.6 is 11.6 Å². The van der Waals surface area contributed by atoms with Crippen molar-refractivity contribution in [2.24, 2.45) is 0 Å². The van der Waals surface area contributed by atoms with Gasteiger partial charge in [-0.25, -0.2) is 0 Å². The minimum Gasteiger partial charge on any atom is -0.507 e. The van der Waals surface area contributed by atoms with Crippen LogP contribution in [0.4, 0.5) is 0 Å². The molecule has 1 amide bonds. The second-order valence-corrected chi connectivity index (χ2v) is 8.41. The maximum atomic E-state index is 13.1. The molecule has 1 atom stereocenters. The Kier molecular flexibility index (Phi) is 8.00. The predicted octanol–water partition coefficient (Wildman–Crippen LogP) is 4.12. The van der Waals surface area contributed by atoms with E-state index < -0.39 is 17.7 Å². The fourth-order valence-corrected chi connectivity index (χ4v) is 4.14. The Morgan fingerprint density at radius 3 is 2.58 bits per heavy atom. The van der Waals surface area contributed by atoms with Crippen LogP contribution in [0, 0.1) is 0 Å². The van der Waals surface area contributed by atoms with E-state index in [1.807, 2.05) is 32.0 Å². The van der Waals surface area contributed by atoms with Crippen LogP contribution in [0.15, 0.2) is 48.0 Å². The van der Waals surface area contributed by atoms with Gasteiger partial charge in [-0.1, -0.05) is 23.7 Å². The van der Waals surface area contributed by atoms with Gasteiger partial charge in [-0.05, 0) is 69.9 Å². The number of Topliss-reactive ketones (excluding diaryl/α,β-unsaturated/α-hetero) is 1. The van der Waals surface area contributed by atoms with E-state index in [-0.39, 0.29) is 11.3 Å². The average Bonchev–Trinajstić information content (AvgIpc) is 3.05. The topological polar surface area (TPSA) is 79.3 Å². The molecule has 0 aromatic heterocycles. The Labute approximate surface area is 199 Å². The van der Waals surface area contributed by atoms with E-state index in [4.69, 9.17) is 21.1 Å².